The van der Waals surface area contributed by atoms with Crippen molar-refractivity contribution in [2.24, 2.45) is 5.92 Å². The number of hydrogen-bond donors (Lipinski definition) is 1. The van der Waals surface area contributed by atoms with Gasteiger partial charge in [0.05, 0.1) is 0 Å². The van der Waals surface area contributed by atoms with Crippen LogP contribution in [0.3, 0.4) is 0 Å². The molecule has 1 N–H and O–H groups in total. The van der Waals surface area contributed by atoms with Crippen LogP contribution in [0.5, 0.6) is 0 Å². The number of rotatable bonds is 6. The highest BCUT2D eigenvalue weighted by Crippen LogP contribution is 2.25. The summed E-state index contributed by atoms with van der Waals surface area (Å²) in [4.78, 5) is 0. The van der Waals surface area contributed by atoms with Gasteiger partial charge in [-0.1, -0.05) is 43.2 Å². The Bertz CT molecular complexity index is 398. The van der Waals surface area contributed by atoms with E-state index in [0.29, 0.717) is 11.2 Å². The van der Waals surface area contributed by atoms with Crippen molar-refractivity contribution in [3.8, 4) is 0 Å². The van der Waals surface area contributed by atoms with Crippen molar-refractivity contribution in [2.45, 2.75) is 65.0 Å². The van der Waals surface area contributed by atoms with E-state index >= 15 is 0 Å². The van der Waals surface area contributed by atoms with E-state index in [4.69, 9.17) is 0 Å². The normalized spacial score (nSPS) is 13.8. The average Bonchev–Trinajstić information content (AvgIpc) is 2.25. The SMILES string of the molecule is Cc1cc(C)cc(CSC(CNC(C)(C)C)C(C)C)c1. The molecule has 0 saturated carbocycles. The van der Waals surface area contributed by atoms with E-state index in [1.807, 2.05) is 0 Å². The zero-order valence-electron chi connectivity index (χ0n) is 14.2. The zero-order valence-corrected chi connectivity index (χ0v) is 15.0. The molecule has 0 heterocycles. The molecule has 0 radical (unpaired) electrons. The van der Waals surface area contributed by atoms with Gasteiger partial charge in [0.15, 0.2) is 0 Å². The van der Waals surface area contributed by atoms with Gasteiger partial charge < -0.3 is 5.32 Å². The Morgan fingerprint density at radius 2 is 1.60 bits per heavy atom. The van der Waals surface area contributed by atoms with Crippen LogP contribution in [0, 0.1) is 19.8 Å². The fourth-order valence-corrected chi connectivity index (χ4v) is 3.41. The lowest BCUT2D eigenvalue weighted by atomic mass is 10.1. The van der Waals surface area contributed by atoms with Crippen LogP contribution in [-0.4, -0.2) is 17.3 Å². The van der Waals surface area contributed by atoms with Crippen LogP contribution in [0.25, 0.3) is 0 Å². The summed E-state index contributed by atoms with van der Waals surface area (Å²) in [5.74, 6) is 1.80. The van der Waals surface area contributed by atoms with E-state index in [2.05, 4.69) is 83.7 Å². The Kier molecular flexibility index (Phi) is 6.60. The van der Waals surface area contributed by atoms with Crippen LogP contribution >= 0.6 is 11.8 Å². The lowest BCUT2D eigenvalue weighted by molar-refractivity contribution is 0.408. The minimum absolute atomic E-state index is 0.202. The number of benzene rings is 1. The average molecular weight is 294 g/mol. The van der Waals surface area contributed by atoms with Gasteiger partial charge in [0, 0.05) is 23.1 Å². The third kappa shape index (κ3) is 6.81. The molecular formula is C18H31NS. The summed E-state index contributed by atoms with van der Waals surface area (Å²) in [6.45, 7) is 16.8. The number of aryl methyl sites for hydroxylation is 2. The summed E-state index contributed by atoms with van der Waals surface area (Å²) in [6.07, 6.45) is 0. The lowest BCUT2D eigenvalue weighted by Gasteiger charge is -2.27. The monoisotopic (exact) mass is 293 g/mol. The summed E-state index contributed by atoms with van der Waals surface area (Å²) in [5.41, 5.74) is 4.39. The van der Waals surface area contributed by atoms with Crippen LogP contribution in [0.2, 0.25) is 0 Å². The maximum Gasteiger partial charge on any atom is 0.0198 e. The second kappa shape index (κ2) is 7.51. The van der Waals surface area contributed by atoms with Crippen molar-refractivity contribution in [3.63, 3.8) is 0 Å². The van der Waals surface area contributed by atoms with E-state index in [0.717, 1.165) is 12.3 Å². The smallest absolute Gasteiger partial charge is 0.0198 e. The van der Waals surface area contributed by atoms with Crippen LogP contribution in [0.15, 0.2) is 18.2 Å². The highest BCUT2D eigenvalue weighted by molar-refractivity contribution is 7.99. The van der Waals surface area contributed by atoms with Gasteiger partial charge in [0.2, 0.25) is 0 Å². The molecule has 1 atom stereocenters. The molecule has 0 spiro atoms. The van der Waals surface area contributed by atoms with Gasteiger partial charge in [0.25, 0.3) is 0 Å². The summed E-state index contributed by atoms with van der Waals surface area (Å²) >= 11 is 2.08. The molecule has 0 aliphatic heterocycles. The molecule has 0 fully saturated rings. The molecule has 1 rings (SSSR count). The van der Waals surface area contributed by atoms with Gasteiger partial charge in [-0.3, -0.25) is 0 Å². The zero-order chi connectivity index (χ0) is 15.3. The van der Waals surface area contributed by atoms with Crippen molar-refractivity contribution in [1.29, 1.82) is 0 Å². The second-order valence-corrected chi connectivity index (χ2v) is 8.45. The van der Waals surface area contributed by atoms with E-state index in [9.17, 15) is 0 Å². The Balaban J connectivity index is 2.58. The van der Waals surface area contributed by atoms with E-state index in [-0.39, 0.29) is 5.54 Å². The fourth-order valence-electron chi connectivity index (χ4n) is 2.25. The highest BCUT2D eigenvalue weighted by Gasteiger charge is 2.17. The summed E-state index contributed by atoms with van der Waals surface area (Å²) in [7, 11) is 0. The third-order valence-electron chi connectivity index (χ3n) is 3.32. The van der Waals surface area contributed by atoms with Gasteiger partial charge >= 0.3 is 0 Å². The van der Waals surface area contributed by atoms with Crippen molar-refractivity contribution in [3.05, 3.63) is 34.9 Å². The molecule has 20 heavy (non-hydrogen) atoms. The predicted molar refractivity (Wildman–Crippen MR) is 93.6 cm³/mol. The van der Waals surface area contributed by atoms with E-state index in [1.54, 1.807) is 0 Å². The molecule has 2 heteroatoms. The van der Waals surface area contributed by atoms with Gasteiger partial charge in [-0.25, -0.2) is 0 Å². The van der Waals surface area contributed by atoms with Crippen molar-refractivity contribution >= 4 is 11.8 Å². The molecule has 0 aromatic heterocycles. The first kappa shape index (κ1) is 17.6. The quantitative estimate of drug-likeness (QED) is 0.796. The number of thioether (sulfide) groups is 1. The number of hydrogen-bond acceptors (Lipinski definition) is 2. The molecule has 0 aliphatic carbocycles. The maximum atomic E-state index is 3.64. The largest absolute Gasteiger partial charge is 0.311 e. The Morgan fingerprint density at radius 3 is 2.05 bits per heavy atom. The molecule has 0 bridgehead atoms. The Labute approximate surface area is 129 Å². The highest BCUT2D eigenvalue weighted by atomic mass is 32.2. The molecule has 0 amide bonds. The predicted octanol–water partition coefficient (Wildman–Crippen LogP) is 4.95. The van der Waals surface area contributed by atoms with Gasteiger partial charge in [0.1, 0.15) is 0 Å². The third-order valence-corrected chi connectivity index (χ3v) is 4.96. The first-order valence-electron chi connectivity index (χ1n) is 7.61. The molecular weight excluding hydrogens is 262 g/mol. The van der Waals surface area contributed by atoms with Crippen LogP contribution in [0.1, 0.15) is 51.3 Å². The topological polar surface area (TPSA) is 12.0 Å². The van der Waals surface area contributed by atoms with Gasteiger partial charge in [-0.15, -0.1) is 0 Å². The molecule has 0 aliphatic rings. The lowest BCUT2D eigenvalue weighted by Crippen LogP contribution is -2.41. The Hall–Kier alpha value is -0.470. The molecule has 114 valence electrons. The van der Waals surface area contributed by atoms with Crippen molar-refractivity contribution in [2.75, 3.05) is 6.54 Å². The minimum atomic E-state index is 0.202. The molecule has 1 nitrogen and oxygen atoms in total. The van der Waals surface area contributed by atoms with E-state index in [1.165, 1.54) is 16.7 Å². The molecule has 1 unspecified atom stereocenters. The molecule has 1 aromatic carbocycles. The maximum absolute atomic E-state index is 3.64. The first-order valence-corrected chi connectivity index (χ1v) is 8.66. The first-order chi connectivity index (χ1) is 9.17. The molecule has 1 aromatic rings. The van der Waals surface area contributed by atoms with Gasteiger partial charge in [-0.05, 0) is 46.1 Å². The summed E-state index contributed by atoms with van der Waals surface area (Å²) in [6, 6.07) is 6.87. The van der Waals surface area contributed by atoms with Crippen LogP contribution in [0.4, 0.5) is 0 Å². The Morgan fingerprint density at radius 1 is 1.05 bits per heavy atom. The second-order valence-electron chi connectivity index (χ2n) is 7.22. The van der Waals surface area contributed by atoms with E-state index < -0.39 is 0 Å². The summed E-state index contributed by atoms with van der Waals surface area (Å²) in [5, 5.41) is 4.30. The number of nitrogens with one attached hydrogen (secondary N) is 1. The summed E-state index contributed by atoms with van der Waals surface area (Å²) < 4.78 is 0. The van der Waals surface area contributed by atoms with Gasteiger partial charge in [-0.2, -0.15) is 11.8 Å². The van der Waals surface area contributed by atoms with Crippen molar-refractivity contribution in [1.82, 2.24) is 5.32 Å². The van der Waals surface area contributed by atoms with Crippen LogP contribution in [-0.2, 0) is 5.75 Å². The van der Waals surface area contributed by atoms with Crippen LogP contribution < -0.4 is 5.32 Å². The van der Waals surface area contributed by atoms with Crippen molar-refractivity contribution < 1.29 is 0 Å². The standard InChI is InChI=1S/C18H31NS/c1-13(2)17(11-19-18(5,6)7)20-12-16-9-14(3)8-15(4)10-16/h8-10,13,17,19H,11-12H2,1-7H3. The fraction of sp³-hybridized carbons (Fsp3) is 0.667. The minimum Gasteiger partial charge on any atom is -0.311 e. The molecule has 0 saturated heterocycles.